The molecular formula is C25H23N5O7S. The Hall–Kier alpha value is -4.52. The Morgan fingerprint density at radius 2 is 1.79 bits per heavy atom. The molecule has 4 heterocycles. The number of fused-ring (bicyclic) bond motifs is 2. The number of hydrogen-bond acceptors (Lipinski definition) is 7. The Kier molecular flexibility index (Phi) is 6.02. The van der Waals surface area contributed by atoms with E-state index in [4.69, 9.17) is 5.73 Å². The number of rotatable bonds is 7. The Morgan fingerprint density at radius 3 is 2.47 bits per heavy atom. The van der Waals surface area contributed by atoms with Gasteiger partial charge in [0.1, 0.15) is 11.2 Å². The van der Waals surface area contributed by atoms with Gasteiger partial charge < -0.3 is 15.2 Å². The van der Waals surface area contributed by atoms with Crippen molar-refractivity contribution in [3.8, 4) is 11.1 Å². The number of nitrogens with two attached hydrogens (primary N) is 1. The smallest absolute Gasteiger partial charge is 0.332 e. The number of carboxylic acid groups (broad SMARTS) is 1. The molecule has 3 N–H and O–H groups in total. The number of aromatic nitrogens is 4. The first-order chi connectivity index (χ1) is 18.1. The lowest BCUT2D eigenvalue weighted by Crippen LogP contribution is -2.57. The van der Waals surface area contributed by atoms with Gasteiger partial charge in [0.2, 0.25) is 5.91 Å². The third-order valence-corrected chi connectivity index (χ3v) is 8.53. The number of nitrogens with zero attached hydrogens (tertiary/aromatic N) is 4. The summed E-state index contributed by atoms with van der Waals surface area (Å²) < 4.78 is 29.6. The molecule has 0 saturated carbocycles. The number of imidazole rings is 1. The molecule has 5 rings (SSSR count). The van der Waals surface area contributed by atoms with Crippen LogP contribution in [0.2, 0.25) is 0 Å². The molecule has 1 unspecified atom stereocenters. The Balaban J connectivity index is 2.02. The van der Waals surface area contributed by atoms with Crippen molar-refractivity contribution in [1.82, 2.24) is 18.5 Å². The highest BCUT2D eigenvalue weighted by molar-refractivity contribution is 7.91. The van der Waals surface area contributed by atoms with Gasteiger partial charge >= 0.3 is 11.7 Å². The fraction of sp³-hybridized carbons (Fsp3) is 0.240. The van der Waals surface area contributed by atoms with E-state index in [1.54, 1.807) is 30.3 Å². The third-order valence-electron chi connectivity index (χ3n) is 6.69. The predicted molar refractivity (Wildman–Crippen MR) is 135 cm³/mol. The summed E-state index contributed by atoms with van der Waals surface area (Å²) in [5.74, 6) is -2.64. The summed E-state index contributed by atoms with van der Waals surface area (Å²) in [5.41, 5.74) is 1.82. The molecule has 1 atom stereocenters. The fourth-order valence-electron chi connectivity index (χ4n) is 5.27. The number of primary amides is 1. The molecule has 13 heteroatoms. The third kappa shape index (κ3) is 3.91. The second-order valence-corrected chi connectivity index (χ2v) is 11.1. The van der Waals surface area contributed by atoms with Crippen LogP contribution in [0, 0.1) is 0 Å². The van der Waals surface area contributed by atoms with E-state index in [0.29, 0.717) is 10.2 Å². The van der Waals surface area contributed by atoms with E-state index >= 15 is 0 Å². The molecule has 0 spiro atoms. The van der Waals surface area contributed by atoms with Gasteiger partial charge in [0, 0.05) is 18.9 Å². The molecule has 0 radical (unpaired) electrons. The Bertz CT molecular complexity index is 1800. The van der Waals surface area contributed by atoms with Crippen LogP contribution in [0.4, 0.5) is 0 Å². The van der Waals surface area contributed by atoms with Gasteiger partial charge in [-0.3, -0.25) is 19.0 Å². The number of carbonyl (C=O) groups excluding carboxylic acids is 1. The fourth-order valence-corrected chi connectivity index (χ4v) is 7.00. The lowest BCUT2D eigenvalue weighted by Gasteiger charge is -2.35. The highest BCUT2D eigenvalue weighted by Gasteiger charge is 2.45. The van der Waals surface area contributed by atoms with E-state index in [-0.39, 0.29) is 35.5 Å². The number of pyridine rings is 1. The first-order valence-corrected chi connectivity index (χ1v) is 13.3. The van der Waals surface area contributed by atoms with Gasteiger partial charge in [-0.15, -0.1) is 0 Å². The number of benzene rings is 1. The number of amides is 1. The molecule has 38 heavy (non-hydrogen) atoms. The van der Waals surface area contributed by atoms with Crippen LogP contribution in [-0.2, 0) is 31.5 Å². The van der Waals surface area contributed by atoms with E-state index in [9.17, 15) is 32.7 Å². The first-order valence-electron chi connectivity index (χ1n) is 11.7. The second-order valence-electron chi connectivity index (χ2n) is 9.11. The highest BCUT2D eigenvalue weighted by Crippen LogP contribution is 2.35. The Morgan fingerprint density at radius 1 is 1.05 bits per heavy atom. The second kappa shape index (κ2) is 9.10. The van der Waals surface area contributed by atoms with Crippen molar-refractivity contribution in [1.29, 1.82) is 0 Å². The van der Waals surface area contributed by atoms with Crippen molar-refractivity contribution in [3.63, 3.8) is 0 Å². The summed E-state index contributed by atoms with van der Waals surface area (Å²) in [6.45, 7) is -0.0253. The highest BCUT2D eigenvalue weighted by atomic mass is 32.2. The maximum absolute atomic E-state index is 14.3. The summed E-state index contributed by atoms with van der Waals surface area (Å²) in [6.07, 6.45) is 1.46. The van der Waals surface area contributed by atoms with Crippen LogP contribution < -0.4 is 17.0 Å². The van der Waals surface area contributed by atoms with Crippen molar-refractivity contribution in [2.24, 2.45) is 5.73 Å². The van der Waals surface area contributed by atoms with Gasteiger partial charge in [0.25, 0.3) is 5.56 Å². The summed E-state index contributed by atoms with van der Waals surface area (Å²) in [5, 5.41) is 9.57. The number of aliphatic carboxylic acids is 1. The van der Waals surface area contributed by atoms with Crippen molar-refractivity contribution >= 4 is 27.4 Å². The van der Waals surface area contributed by atoms with Crippen molar-refractivity contribution in [2.45, 2.75) is 36.4 Å². The minimum atomic E-state index is -4.04. The summed E-state index contributed by atoms with van der Waals surface area (Å²) in [7, 11) is -4.04. The zero-order chi connectivity index (χ0) is 27.2. The van der Waals surface area contributed by atoms with Crippen LogP contribution in [-0.4, -0.2) is 49.7 Å². The minimum absolute atomic E-state index is 0.0253. The van der Waals surface area contributed by atoms with Crippen LogP contribution in [0.5, 0.6) is 0 Å². The van der Waals surface area contributed by atoms with Crippen LogP contribution in [0.1, 0.15) is 25.0 Å². The molecule has 1 amide bonds. The van der Waals surface area contributed by atoms with Gasteiger partial charge in [-0.25, -0.2) is 22.8 Å². The lowest BCUT2D eigenvalue weighted by atomic mass is 9.85. The molecule has 196 valence electrons. The summed E-state index contributed by atoms with van der Waals surface area (Å²) in [4.78, 5) is 57.3. The van der Waals surface area contributed by atoms with E-state index in [0.717, 1.165) is 4.57 Å². The predicted octanol–water partition coefficient (Wildman–Crippen LogP) is 0.596. The van der Waals surface area contributed by atoms with Crippen LogP contribution in [0.25, 0.3) is 16.8 Å². The minimum Gasteiger partial charge on any atom is -0.481 e. The molecule has 1 aromatic carbocycles. The zero-order valence-electron chi connectivity index (χ0n) is 20.0. The van der Waals surface area contributed by atoms with Crippen LogP contribution in [0.3, 0.4) is 0 Å². The molecule has 1 aliphatic rings. The topological polar surface area (TPSA) is 176 Å². The van der Waals surface area contributed by atoms with E-state index in [1.165, 1.54) is 35.0 Å². The molecule has 3 aromatic heterocycles. The molecular weight excluding hydrogens is 514 g/mol. The quantitative estimate of drug-likeness (QED) is 0.322. The van der Waals surface area contributed by atoms with Gasteiger partial charge in [-0.2, -0.15) is 0 Å². The van der Waals surface area contributed by atoms with Gasteiger partial charge in [0.05, 0.1) is 29.9 Å². The lowest BCUT2D eigenvalue weighted by molar-refractivity contribution is -0.139. The maximum atomic E-state index is 14.3. The van der Waals surface area contributed by atoms with Crippen molar-refractivity contribution in [3.05, 3.63) is 87.5 Å². The first kappa shape index (κ1) is 25.1. The van der Waals surface area contributed by atoms with Gasteiger partial charge in [0.15, 0.2) is 14.9 Å². The zero-order valence-corrected chi connectivity index (χ0v) is 20.8. The number of carbonyl (C=O) groups is 2. The number of sulfone groups is 1. The molecule has 0 aliphatic carbocycles. The standard InChI is InChI=1S/C25H23N5O7S/c26-18(31)14-25(15-20(32)33,17-8-4-9-19-27-10-12-28(17)19)30-22(34)21(16-6-2-1-3-7-16)23-29(24(30)35)11-5-13-38(23,36)37/h1-4,6-10,12H,5,11,13-15H2,(H2,26,31)(H,32,33). The largest absolute Gasteiger partial charge is 0.481 e. The number of hydrogen-bond donors (Lipinski definition) is 2. The monoisotopic (exact) mass is 537 g/mol. The maximum Gasteiger partial charge on any atom is 0.332 e. The van der Waals surface area contributed by atoms with Gasteiger partial charge in [-0.05, 0) is 24.1 Å². The van der Waals surface area contributed by atoms with E-state index < -0.39 is 56.4 Å². The van der Waals surface area contributed by atoms with Crippen molar-refractivity contribution < 1.29 is 23.1 Å². The molecule has 1 aliphatic heterocycles. The SMILES string of the molecule is NC(=O)CC(CC(=O)O)(c1cccc2nccn12)n1c(=O)c(-c2ccccc2)c2n(c1=O)CCCS2(=O)=O. The average Bonchev–Trinajstić information content (AvgIpc) is 3.33. The molecule has 0 bridgehead atoms. The number of carboxylic acids is 1. The van der Waals surface area contributed by atoms with E-state index in [2.05, 4.69) is 4.98 Å². The van der Waals surface area contributed by atoms with E-state index in [1.807, 2.05) is 0 Å². The average molecular weight is 538 g/mol. The summed E-state index contributed by atoms with van der Waals surface area (Å²) in [6, 6.07) is 12.6. The van der Waals surface area contributed by atoms with Crippen LogP contribution in [0.15, 0.2) is 75.5 Å². The normalized spacial score (nSPS) is 16.0. The van der Waals surface area contributed by atoms with Crippen molar-refractivity contribution in [2.75, 3.05) is 5.75 Å². The summed E-state index contributed by atoms with van der Waals surface area (Å²) >= 11 is 0. The van der Waals surface area contributed by atoms with Gasteiger partial charge in [-0.1, -0.05) is 36.4 Å². The molecule has 0 fully saturated rings. The molecule has 12 nitrogen and oxygen atoms in total. The molecule has 0 saturated heterocycles. The molecule has 4 aromatic rings. The van der Waals surface area contributed by atoms with Crippen LogP contribution >= 0.6 is 0 Å². The Labute approximate surface area is 215 Å².